The lowest BCUT2D eigenvalue weighted by molar-refractivity contribution is 0.0605. The van der Waals surface area contributed by atoms with Crippen LogP contribution in [0.3, 0.4) is 0 Å². The number of rotatable bonds is 11. The van der Waals surface area contributed by atoms with Crippen LogP contribution in [0.2, 0.25) is 0 Å². The number of fused-ring (bicyclic) bond motifs is 2. The molecule has 6 heteroatoms. The molecule has 0 saturated carbocycles. The number of hydrogen-bond donors (Lipinski definition) is 0. The average molecular weight is 437 g/mol. The summed E-state index contributed by atoms with van der Waals surface area (Å²) in [6, 6.07) is 20.7. The van der Waals surface area contributed by atoms with Crippen molar-refractivity contribution in [2.75, 3.05) is 37.9 Å². The SMILES string of the molecule is c1cnc2c(SCCOCCOCCSc3cccc4cccnc34)cccc2c1. The van der Waals surface area contributed by atoms with Crippen LogP contribution in [0.25, 0.3) is 21.8 Å². The average Bonchev–Trinajstić information content (AvgIpc) is 2.80. The summed E-state index contributed by atoms with van der Waals surface area (Å²) in [7, 11) is 0. The van der Waals surface area contributed by atoms with Gasteiger partial charge in [0.2, 0.25) is 0 Å². The van der Waals surface area contributed by atoms with Crippen molar-refractivity contribution in [1.82, 2.24) is 9.97 Å². The summed E-state index contributed by atoms with van der Waals surface area (Å²) in [5.41, 5.74) is 2.12. The Bertz CT molecular complexity index is 993. The number of pyridine rings is 2. The number of nitrogens with zero attached hydrogens (tertiary/aromatic N) is 2. The normalized spacial score (nSPS) is 11.3. The van der Waals surface area contributed by atoms with Gasteiger partial charge in [-0.2, -0.15) is 0 Å². The molecule has 0 atom stereocenters. The molecule has 2 aromatic heterocycles. The molecule has 0 unspecified atom stereocenters. The Morgan fingerprint density at radius 2 is 1.03 bits per heavy atom. The fraction of sp³-hybridized carbons (Fsp3) is 0.250. The zero-order valence-corrected chi connectivity index (χ0v) is 18.3. The van der Waals surface area contributed by atoms with E-state index in [9.17, 15) is 0 Å². The maximum atomic E-state index is 5.71. The maximum absolute atomic E-state index is 5.71. The van der Waals surface area contributed by atoms with Crippen molar-refractivity contribution in [2.24, 2.45) is 0 Å². The lowest BCUT2D eigenvalue weighted by atomic mass is 10.2. The second kappa shape index (κ2) is 11.3. The Kier molecular flexibility index (Phi) is 7.97. The molecule has 0 radical (unpaired) electrons. The highest BCUT2D eigenvalue weighted by atomic mass is 32.2. The Morgan fingerprint density at radius 1 is 0.567 bits per heavy atom. The number of aromatic nitrogens is 2. The minimum absolute atomic E-state index is 0.620. The predicted octanol–water partition coefficient (Wildman–Crippen LogP) is 5.70. The number of ether oxygens (including phenoxy) is 2. The molecule has 0 spiro atoms. The van der Waals surface area contributed by atoms with Gasteiger partial charge in [-0.25, -0.2) is 0 Å². The van der Waals surface area contributed by atoms with Crippen molar-refractivity contribution in [2.45, 2.75) is 9.79 Å². The fourth-order valence-corrected chi connectivity index (χ4v) is 4.93. The van der Waals surface area contributed by atoms with E-state index in [1.165, 1.54) is 20.6 Å². The zero-order valence-electron chi connectivity index (χ0n) is 16.7. The molecule has 0 amide bonds. The second-order valence-corrected chi connectivity index (χ2v) is 8.86. The number of thioether (sulfide) groups is 2. The lowest BCUT2D eigenvalue weighted by Crippen LogP contribution is -2.08. The third-order valence-electron chi connectivity index (χ3n) is 4.53. The Morgan fingerprint density at radius 3 is 1.53 bits per heavy atom. The minimum atomic E-state index is 0.620. The van der Waals surface area contributed by atoms with Crippen LogP contribution in [0, 0.1) is 0 Å². The van der Waals surface area contributed by atoms with E-state index in [0.29, 0.717) is 26.4 Å². The molecule has 2 heterocycles. The van der Waals surface area contributed by atoms with E-state index in [4.69, 9.17) is 9.47 Å². The van der Waals surface area contributed by atoms with Crippen LogP contribution in [0.15, 0.2) is 82.8 Å². The molecule has 4 nitrogen and oxygen atoms in total. The minimum Gasteiger partial charge on any atom is -0.378 e. The highest BCUT2D eigenvalue weighted by Gasteiger charge is 2.03. The molecule has 2 aromatic carbocycles. The summed E-state index contributed by atoms with van der Waals surface area (Å²) in [4.78, 5) is 11.4. The van der Waals surface area contributed by atoms with Crippen LogP contribution in [0.5, 0.6) is 0 Å². The molecule has 0 fully saturated rings. The van der Waals surface area contributed by atoms with E-state index in [1.54, 1.807) is 23.5 Å². The number of hydrogen-bond acceptors (Lipinski definition) is 6. The standard InChI is InChI=1S/C24H24N2O2S2/c1-5-19-7-3-11-25-23(19)21(9-1)29-17-15-27-13-14-28-16-18-30-22-10-2-6-20-8-4-12-26-24(20)22/h1-12H,13-18H2. The molecule has 0 aliphatic carbocycles. The first-order valence-corrected chi connectivity index (χ1v) is 12.0. The van der Waals surface area contributed by atoms with E-state index in [1.807, 2.05) is 24.5 Å². The third kappa shape index (κ3) is 5.73. The van der Waals surface area contributed by atoms with Gasteiger partial charge < -0.3 is 9.47 Å². The van der Waals surface area contributed by atoms with Crippen molar-refractivity contribution in [3.8, 4) is 0 Å². The van der Waals surface area contributed by atoms with Crippen LogP contribution in [-0.2, 0) is 9.47 Å². The summed E-state index contributed by atoms with van der Waals surface area (Å²) in [6.45, 7) is 2.64. The molecule has 0 aliphatic rings. The van der Waals surface area contributed by atoms with Crippen molar-refractivity contribution < 1.29 is 9.47 Å². The summed E-state index contributed by atoms with van der Waals surface area (Å²) in [5.74, 6) is 1.80. The summed E-state index contributed by atoms with van der Waals surface area (Å²) in [5, 5.41) is 2.35. The van der Waals surface area contributed by atoms with Crippen molar-refractivity contribution >= 4 is 45.3 Å². The topological polar surface area (TPSA) is 44.2 Å². The number of para-hydroxylation sites is 2. The predicted molar refractivity (Wildman–Crippen MR) is 127 cm³/mol. The van der Waals surface area contributed by atoms with Gasteiger partial charge in [-0.3, -0.25) is 9.97 Å². The Labute approximate surface area is 185 Å². The van der Waals surface area contributed by atoms with Crippen LogP contribution in [0.4, 0.5) is 0 Å². The molecule has 0 aliphatic heterocycles. The van der Waals surface area contributed by atoms with E-state index in [0.717, 1.165) is 22.5 Å². The van der Waals surface area contributed by atoms with E-state index in [-0.39, 0.29) is 0 Å². The van der Waals surface area contributed by atoms with Crippen LogP contribution < -0.4 is 0 Å². The van der Waals surface area contributed by atoms with Crippen LogP contribution in [0.1, 0.15) is 0 Å². The molecule has 4 aromatic rings. The molecular formula is C24H24N2O2S2. The van der Waals surface area contributed by atoms with E-state index < -0.39 is 0 Å². The van der Waals surface area contributed by atoms with Gasteiger partial charge in [0.05, 0.1) is 37.5 Å². The maximum Gasteiger partial charge on any atom is 0.0837 e. The van der Waals surface area contributed by atoms with Gasteiger partial charge in [0.1, 0.15) is 0 Å². The fourth-order valence-electron chi connectivity index (χ4n) is 3.13. The molecule has 4 rings (SSSR count). The summed E-state index contributed by atoms with van der Waals surface area (Å²) < 4.78 is 11.4. The van der Waals surface area contributed by atoms with Gasteiger partial charge in [0.25, 0.3) is 0 Å². The Balaban J connectivity index is 1.08. The first-order valence-electron chi connectivity index (χ1n) is 10.0. The van der Waals surface area contributed by atoms with Crippen molar-refractivity contribution in [3.63, 3.8) is 0 Å². The monoisotopic (exact) mass is 436 g/mol. The van der Waals surface area contributed by atoms with Crippen LogP contribution >= 0.6 is 23.5 Å². The van der Waals surface area contributed by atoms with Gasteiger partial charge in [0, 0.05) is 44.5 Å². The quantitative estimate of drug-likeness (QED) is 0.222. The van der Waals surface area contributed by atoms with Crippen LogP contribution in [-0.4, -0.2) is 47.9 Å². The molecular weight excluding hydrogens is 412 g/mol. The van der Waals surface area contributed by atoms with Crippen molar-refractivity contribution in [3.05, 3.63) is 73.1 Å². The van der Waals surface area contributed by atoms with Gasteiger partial charge in [-0.1, -0.05) is 36.4 Å². The highest BCUT2D eigenvalue weighted by Crippen LogP contribution is 2.26. The van der Waals surface area contributed by atoms with E-state index >= 15 is 0 Å². The smallest absolute Gasteiger partial charge is 0.0837 e. The largest absolute Gasteiger partial charge is 0.378 e. The van der Waals surface area contributed by atoms with E-state index in [2.05, 4.69) is 58.5 Å². The molecule has 0 N–H and O–H groups in total. The molecule has 154 valence electrons. The zero-order chi connectivity index (χ0) is 20.4. The van der Waals surface area contributed by atoms with Gasteiger partial charge in [0.15, 0.2) is 0 Å². The molecule has 30 heavy (non-hydrogen) atoms. The van der Waals surface area contributed by atoms with Gasteiger partial charge in [-0.05, 0) is 24.3 Å². The lowest BCUT2D eigenvalue weighted by Gasteiger charge is -2.08. The second-order valence-electron chi connectivity index (χ2n) is 6.58. The van der Waals surface area contributed by atoms with Gasteiger partial charge >= 0.3 is 0 Å². The third-order valence-corrected chi connectivity index (χ3v) is 6.56. The molecule has 0 saturated heterocycles. The first kappa shape index (κ1) is 21.1. The number of benzene rings is 2. The van der Waals surface area contributed by atoms with Gasteiger partial charge in [-0.15, -0.1) is 23.5 Å². The summed E-state index contributed by atoms with van der Waals surface area (Å²) in [6.07, 6.45) is 3.69. The Hall–Kier alpha value is -2.12. The van der Waals surface area contributed by atoms with Crippen molar-refractivity contribution in [1.29, 1.82) is 0 Å². The summed E-state index contributed by atoms with van der Waals surface area (Å²) >= 11 is 3.57. The first-order chi connectivity index (χ1) is 14.9. The highest BCUT2D eigenvalue weighted by molar-refractivity contribution is 7.99. The molecule has 0 bridgehead atoms.